The Labute approximate surface area is 159 Å². The van der Waals surface area contributed by atoms with Crippen LogP contribution < -0.4 is 10.2 Å². The molecule has 1 heterocycles. The topological polar surface area (TPSA) is 54.5 Å². The molecule has 3 rings (SSSR count). The van der Waals surface area contributed by atoms with Crippen molar-refractivity contribution in [3.63, 3.8) is 0 Å². The number of hydroxylamine groups is 2. The minimum atomic E-state index is -0.380. The molecule has 5 nitrogen and oxygen atoms in total. The molecule has 1 saturated carbocycles. The maximum absolute atomic E-state index is 13.0. The number of hydrogen-bond donors (Lipinski definition) is 1. The Balaban J connectivity index is 1.65. The first-order chi connectivity index (χ1) is 12.8. The van der Waals surface area contributed by atoms with Gasteiger partial charge in [-0.3, -0.25) is 4.79 Å². The summed E-state index contributed by atoms with van der Waals surface area (Å²) in [7, 11) is 1.80. The van der Waals surface area contributed by atoms with Gasteiger partial charge in [-0.1, -0.05) is 13.8 Å². The van der Waals surface area contributed by atoms with Crippen LogP contribution in [0.5, 0.6) is 5.75 Å². The van der Waals surface area contributed by atoms with Gasteiger partial charge in [0.1, 0.15) is 17.4 Å². The SMILES string of the molecule is Cc1cnc(NC(=O)C(C)(C)C2CC2)cc1CN(C)Oc1ccc(F)cc1. The Morgan fingerprint density at radius 3 is 2.63 bits per heavy atom. The van der Waals surface area contributed by atoms with E-state index in [0.29, 0.717) is 24.0 Å². The Bertz CT molecular complexity index is 817. The summed E-state index contributed by atoms with van der Waals surface area (Å²) in [6, 6.07) is 7.75. The van der Waals surface area contributed by atoms with Crippen LogP contribution in [0.2, 0.25) is 0 Å². The van der Waals surface area contributed by atoms with E-state index >= 15 is 0 Å². The lowest BCUT2D eigenvalue weighted by molar-refractivity contribution is -0.124. The van der Waals surface area contributed by atoms with Crippen molar-refractivity contribution < 1.29 is 14.0 Å². The van der Waals surface area contributed by atoms with Crippen LogP contribution in [-0.4, -0.2) is 23.0 Å². The summed E-state index contributed by atoms with van der Waals surface area (Å²) >= 11 is 0. The van der Waals surface area contributed by atoms with Crippen LogP contribution in [0.3, 0.4) is 0 Å². The number of anilines is 1. The molecule has 0 atom stereocenters. The highest BCUT2D eigenvalue weighted by atomic mass is 19.1. The highest BCUT2D eigenvalue weighted by Crippen LogP contribution is 2.45. The van der Waals surface area contributed by atoms with E-state index in [2.05, 4.69) is 10.3 Å². The van der Waals surface area contributed by atoms with E-state index in [-0.39, 0.29) is 17.1 Å². The number of carbonyl (C=O) groups excluding carboxylic acids is 1. The van der Waals surface area contributed by atoms with Crippen molar-refractivity contribution in [2.75, 3.05) is 12.4 Å². The minimum Gasteiger partial charge on any atom is -0.406 e. The number of halogens is 1. The van der Waals surface area contributed by atoms with Crippen LogP contribution in [0.15, 0.2) is 36.5 Å². The lowest BCUT2D eigenvalue weighted by Gasteiger charge is -2.23. The summed E-state index contributed by atoms with van der Waals surface area (Å²) in [4.78, 5) is 22.6. The fourth-order valence-electron chi connectivity index (χ4n) is 3.02. The molecule has 0 radical (unpaired) electrons. The molecule has 0 saturated heterocycles. The van der Waals surface area contributed by atoms with Crippen LogP contribution in [-0.2, 0) is 11.3 Å². The Kier molecular flexibility index (Phi) is 5.46. The van der Waals surface area contributed by atoms with Crippen molar-refractivity contribution in [1.82, 2.24) is 10.0 Å². The third kappa shape index (κ3) is 4.83. The zero-order chi connectivity index (χ0) is 19.6. The molecule has 144 valence electrons. The Hall–Kier alpha value is -2.47. The summed E-state index contributed by atoms with van der Waals surface area (Å²) in [5, 5.41) is 4.61. The zero-order valence-electron chi connectivity index (χ0n) is 16.3. The average molecular weight is 371 g/mol. The van der Waals surface area contributed by atoms with Gasteiger partial charge in [-0.2, -0.15) is 0 Å². The van der Waals surface area contributed by atoms with Crippen molar-refractivity contribution >= 4 is 11.7 Å². The summed E-state index contributed by atoms with van der Waals surface area (Å²) in [6.07, 6.45) is 3.97. The highest BCUT2D eigenvalue weighted by molar-refractivity contribution is 5.94. The highest BCUT2D eigenvalue weighted by Gasteiger charge is 2.43. The van der Waals surface area contributed by atoms with Gasteiger partial charge < -0.3 is 10.2 Å². The molecule has 27 heavy (non-hydrogen) atoms. The molecule has 1 aromatic carbocycles. The van der Waals surface area contributed by atoms with E-state index in [1.807, 2.05) is 26.8 Å². The van der Waals surface area contributed by atoms with Crippen molar-refractivity contribution in [3.8, 4) is 5.75 Å². The number of benzene rings is 1. The number of carbonyl (C=O) groups is 1. The molecule has 0 bridgehead atoms. The minimum absolute atomic E-state index is 0.00298. The second-order valence-electron chi connectivity index (χ2n) is 7.78. The average Bonchev–Trinajstić information content (AvgIpc) is 3.45. The Morgan fingerprint density at radius 1 is 1.33 bits per heavy atom. The number of amides is 1. The van der Waals surface area contributed by atoms with E-state index in [1.54, 1.807) is 30.4 Å². The first-order valence-corrected chi connectivity index (χ1v) is 9.17. The van der Waals surface area contributed by atoms with Gasteiger partial charge in [0, 0.05) is 18.7 Å². The van der Waals surface area contributed by atoms with Gasteiger partial charge in [0.25, 0.3) is 0 Å². The van der Waals surface area contributed by atoms with Gasteiger partial charge in [0.05, 0.1) is 6.54 Å². The molecule has 1 aliphatic carbocycles. The largest absolute Gasteiger partial charge is 0.406 e. The Morgan fingerprint density at radius 2 is 2.00 bits per heavy atom. The van der Waals surface area contributed by atoms with E-state index in [4.69, 9.17) is 4.84 Å². The van der Waals surface area contributed by atoms with Crippen LogP contribution in [0.4, 0.5) is 10.2 Å². The monoisotopic (exact) mass is 371 g/mol. The number of nitrogens with one attached hydrogen (secondary N) is 1. The lowest BCUT2D eigenvalue weighted by atomic mass is 9.86. The molecule has 0 aliphatic heterocycles. The number of rotatable bonds is 7. The predicted octanol–water partition coefficient (Wildman–Crippen LogP) is 4.33. The van der Waals surface area contributed by atoms with Crippen LogP contribution in [0, 0.1) is 24.1 Å². The second kappa shape index (κ2) is 7.64. The number of aryl methyl sites for hydroxylation is 1. The summed E-state index contributed by atoms with van der Waals surface area (Å²) in [5.41, 5.74) is 1.62. The van der Waals surface area contributed by atoms with Gasteiger partial charge in [-0.25, -0.2) is 9.37 Å². The second-order valence-corrected chi connectivity index (χ2v) is 7.78. The van der Waals surface area contributed by atoms with Gasteiger partial charge >= 0.3 is 0 Å². The van der Waals surface area contributed by atoms with E-state index in [0.717, 1.165) is 24.0 Å². The molecule has 1 aliphatic rings. The molecule has 1 aromatic heterocycles. The summed E-state index contributed by atoms with van der Waals surface area (Å²) in [5.74, 6) is 1.26. The molecular formula is C21H26FN3O2. The quantitative estimate of drug-likeness (QED) is 0.736. The third-order valence-corrected chi connectivity index (χ3v) is 5.11. The summed E-state index contributed by atoms with van der Waals surface area (Å²) < 4.78 is 13.0. The molecule has 1 amide bonds. The molecule has 0 unspecified atom stereocenters. The smallest absolute Gasteiger partial charge is 0.231 e. The summed E-state index contributed by atoms with van der Waals surface area (Å²) in [6.45, 7) is 6.44. The van der Waals surface area contributed by atoms with E-state index in [9.17, 15) is 9.18 Å². The number of aromatic nitrogens is 1. The number of pyridine rings is 1. The normalized spacial score (nSPS) is 14.3. The molecule has 2 aromatic rings. The molecule has 6 heteroatoms. The number of hydrogen-bond acceptors (Lipinski definition) is 4. The van der Waals surface area contributed by atoms with Crippen molar-refractivity contribution in [2.45, 2.75) is 40.2 Å². The lowest BCUT2D eigenvalue weighted by Crippen LogP contribution is -2.33. The molecule has 1 fully saturated rings. The van der Waals surface area contributed by atoms with E-state index in [1.165, 1.54) is 12.1 Å². The van der Waals surface area contributed by atoms with Crippen molar-refractivity contribution in [1.29, 1.82) is 0 Å². The van der Waals surface area contributed by atoms with Crippen LogP contribution >= 0.6 is 0 Å². The number of nitrogens with zero attached hydrogens (tertiary/aromatic N) is 2. The predicted molar refractivity (Wildman–Crippen MR) is 103 cm³/mol. The first-order valence-electron chi connectivity index (χ1n) is 9.17. The first kappa shape index (κ1) is 19.3. The van der Waals surface area contributed by atoms with Crippen LogP contribution in [0.1, 0.15) is 37.8 Å². The van der Waals surface area contributed by atoms with Crippen LogP contribution in [0.25, 0.3) is 0 Å². The molecular weight excluding hydrogens is 345 g/mol. The van der Waals surface area contributed by atoms with Gasteiger partial charge in [0.15, 0.2) is 0 Å². The van der Waals surface area contributed by atoms with Gasteiger partial charge in [-0.05, 0) is 67.1 Å². The van der Waals surface area contributed by atoms with Gasteiger partial charge in [-0.15, -0.1) is 5.06 Å². The molecule has 1 N–H and O–H groups in total. The maximum Gasteiger partial charge on any atom is 0.231 e. The van der Waals surface area contributed by atoms with Gasteiger partial charge in [0.2, 0.25) is 5.91 Å². The fraction of sp³-hybridized carbons (Fsp3) is 0.429. The maximum atomic E-state index is 13.0. The van der Waals surface area contributed by atoms with Crippen molar-refractivity contribution in [3.05, 3.63) is 53.5 Å². The third-order valence-electron chi connectivity index (χ3n) is 5.11. The van der Waals surface area contributed by atoms with E-state index < -0.39 is 0 Å². The zero-order valence-corrected chi connectivity index (χ0v) is 16.3. The standard InChI is InChI=1S/C21H26FN3O2/c1-14-12-23-19(24-20(26)21(2,3)16-5-6-16)11-15(14)13-25(4)27-18-9-7-17(22)8-10-18/h7-12,16H,5-6,13H2,1-4H3,(H,23,24,26). The fourth-order valence-corrected chi connectivity index (χ4v) is 3.02. The van der Waals surface area contributed by atoms with Crippen molar-refractivity contribution in [2.24, 2.45) is 11.3 Å². The molecule has 0 spiro atoms.